The van der Waals surface area contributed by atoms with Crippen molar-refractivity contribution < 1.29 is 13.9 Å². The van der Waals surface area contributed by atoms with Gasteiger partial charge in [-0.3, -0.25) is 0 Å². The van der Waals surface area contributed by atoms with Crippen LogP contribution >= 0.6 is 11.3 Å². The van der Waals surface area contributed by atoms with Gasteiger partial charge >= 0.3 is 5.97 Å². The summed E-state index contributed by atoms with van der Waals surface area (Å²) < 4.78 is 10.2. The fourth-order valence-corrected chi connectivity index (χ4v) is 3.61. The Kier molecular flexibility index (Phi) is 3.17. The van der Waals surface area contributed by atoms with Crippen molar-refractivity contribution >= 4 is 33.2 Å². The summed E-state index contributed by atoms with van der Waals surface area (Å²) in [5.41, 5.74) is 9.19. The second kappa shape index (κ2) is 4.89. The van der Waals surface area contributed by atoms with Crippen molar-refractivity contribution in [3.8, 4) is 10.6 Å². The number of hydrogen-bond acceptors (Lipinski definition) is 6. The van der Waals surface area contributed by atoms with Crippen LogP contribution in [0.25, 0.3) is 20.9 Å². The largest absolute Gasteiger partial charge is 0.465 e. The number of nitrogens with zero attached hydrogens (tertiary/aromatic N) is 1. The molecule has 0 aliphatic carbocycles. The third kappa shape index (κ3) is 2.08. The minimum absolute atomic E-state index is 0.366. The lowest BCUT2D eigenvalue weighted by atomic mass is 10.1. The zero-order valence-electron chi connectivity index (χ0n) is 11.9. The number of fused-ring (bicyclic) bond motifs is 1. The Hall–Kier alpha value is -2.34. The summed E-state index contributed by atoms with van der Waals surface area (Å²) in [5.74, 6) is -0.0177. The number of aromatic nitrogens is 1. The normalized spacial score (nSPS) is 11.0. The van der Waals surface area contributed by atoms with Gasteiger partial charge in [0.2, 0.25) is 0 Å². The van der Waals surface area contributed by atoms with Gasteiger partial charge in [-0.2, -0.15) is 0 Å². The van der Waals surface area contributed by atoms with Gasteiger partial charge in [-0.1, -0.05) is 0 Å². The molecule has 3 aromatic heterocycles. The summed E-state index contributed by atoms with van der Waals surface area (Å²) in [5, 5.41) is 0.910. The van der Waals surface area contributed by atoms with Gasteiger partial charge in [0, 0.05) is 11.1 Å². The average Bonchev–Trinajstić information content (AvgIpc) is 3.02. The molecule has 5 nitrogen and oxygen atoms in total. The van der Waals surface area contributed by atoms with Crippen LogP contribution < -0.4 is 5.73 Å². The van der Waals surface area contributed by atoms with Crippen LogP contribution in [-0.2, 0) is 4.74 Å². The molecule has 0 aliphatic rings. The number of carbonyl (C=O) groups is 1. The van der Waals surface area contributed by atoms with E-state index in [-0.39, 0.29) is 0 Å². The Morgan fingerprint density at radius 3 is 2.90 bits per heavy atom. The number of furan rings is 1. The number of hydrogen-bond donors (Lipinski definition) is 1. The molecule has 0 saturated heterocycles. The molecule has 0 radical (unpaired) electrons. The molecule has 0 spiro atoms. The molecule has 0 unspecified atom stereocenters. The minimum atomic E-state index is -0.448. The summed E-state index contributed by atoms with van der Waals surface area (Å²) in [4.78, 5) is 17.8. The number of nitrogens with two attached hydrogens (primary N) is 1. The third-order valence-corrected chi connectivity index (χ3v) is 4.40. The molecule has 0 amide bonds. The van der Waals surface area contributed by atoms with E-state index in [1.165, 1.54) is 24.7 Å². The summed E-state index contributed by atoms with van der Waals surface area (Å²) in [6.07, 6.45) is 1.46. The van der Waals surface area contributed by atoms with Crippen molar-refractivity contribution in [2.24, 2.45) is 0 Å². The number of ether oxygens (including phenoxy) is 1. The molecule has 3 rings (SSSR count). The highest BCUT2D eigenvalue weighted by Crippen LogP contribution is 2.43. The fraction of sp³-hybridized carbons (Fsp3) is 0.200. The van der Waals surface area contributed by atoms with Gasteiger partial charge in [0.1, 0.15) is 10.4 Å². The molecule has 0 aromatic carbocycles. The summed E-state index contributed by atoms with van der Waals surface area (Å²) in [7, 11) is 1.34. The van der Waals surface area contributed by atoms with Crippen LogP contribution in [0.1, 0.15) is 21.6 Å². The Morgan fingerprint density at radius 1 is 1.43 bits per heavy atom. The van der Waals surface area contributed by atoms with Gasteiger partial charge in [-0.05, 0) is 31.5 Å². The first kappa shape index (κ1) is 13.6. The van der Waals surface area contributed by atoms with E-state index in [1.54, 1.807) is 6.07 Å². The van der Waals surface area contributed by atoms with E-state index in [2.05, 4.69) is 4.98 Å². The molecule has 108 valence electrons. The second-order valence-electron chi connectivity index (χ2n) is 4.76. The predicted molar refractivity (Wildman–Crippen MR) is 82.5 cm³/mol. The average molecular weight is 302 g/mol. The summed E-state index contributed by atoms with van der Waals surface area (Å²) in [6.45, 7) is 3.93. The van der Waals surface area contributed by atoms with E-state index < -0.39 is 5.97 Å². The van der Waals surface area contributed by atoms with Gasteiger partial charge in [0.15, 0.2) is 5.76 Å². The Morgan fingerprint density at radius 2 is 2.19 bits per heavy atom. The Bertz CT molecular complexity index is 848. The smallest absolute Gasteiger partial charge is 0.341 e. The van der Waals surface area contributed by atoms with E-state index >= 15 is 0 Å². The van der Waals surface area contributed by atoms with E-state index in [0.29, 0.717) is 21.9 Å². The lowest BCUT2D eigenvalue weighted by molar-refractivity contribution is 0.0601. The molecule has 0 aliphatic heterocycles. The number of anilines is 1. The zero-order valence-corrected chi connectivity index (χ0v) is 12.7. The van der Waals surface area contributed by atoms with E-state index in [0.717, 1.165) is 21.5 Å². The second-order valence-corrected chi connectivity index (χ2v) is 5.76. The number of methoxy groups -OCH3 is 1. The first-order valence-electron chi connectivity index (χ1n) is 6.35. The van der Waals surface area contributed by atoms with E-state index in [1.807, 2.05) is 19.9 Å². The monoisotopic (exact) mass is 302 g/mol. The maximum atomic E-state index is 11.8. The highest BCUT2D eigenvalue weighted by molar-refractivity contribution is 7.22. The van der Waals surface area contributed by atoms with Crippen molar-refractivity contribution in [2.75, 3.05) is 12.8 Å². The molecule has 3 heterocycles. The van der Waals surface area contributed by atoms with Crippen LogP contribution in [0.4, 0.5) is 5.69 Å². The third-order valence-electron chi connectivity index (χ3n) is 3.30. The van der Waals surface area contributed by atoms with Crippen molar-refractivity contribution in [1.82, 2.24) is 4.98 Å². The maximum Gasteiger partial charge on any atom is 0.341 e. The molecule has 0 atom stereocenters. The number of esters is 1. The topological polar surface area (TPSA) is 78.3 Å². The van der Waals surface area contributed by atoms with Crippen LogP contribution in [0.2, 0.25) is 0 Å². The number of pyridine rings is 1. The molecular formula is C15H14N2O3S. The molecular weight excluding hydrogens is 288 g/mol. The van der Waals surface area contributed by atoms with Gasteiger partial charge in [0.05, 0.1) is 23.9 Å². The Labute approximate surface area is 125 Å². The summed E-state index contributed by atoms with van der Waals surface area (Å²) in [6, 6.07) is 3.56. The summed E-state index contributed by atoms with van der Waals surface area (Å²) >= 11 is 1.41. The van der Waals surface area contributed by atoms with Crippen molar-refractivity contribution in [2.45, 2.75) is 13.8 Å². The lowest BCUT2D eigenvalue weighted by Gasteiger charge is -2.01. The van der Waals surface area contributed by atoms with E-state index in [4.69, 9.17) is 14.9 Å². The standard InChI is InChI=1S/C15H14N2O3S/c1-7-6-8(2)17-14-10(7)11(16)13(21-14)12-9(4-5-20-12)15(18)19-3/h4-6H,16H2,1-3H3. The van der Waals surface area contributed by atoms with Crippen molar-refractivity contribution in [3.05, 3.63) is 35.2 Å². The van der Waals surface area contributed by atoms with Gasteiger partial charge in [0.25, 0.3) is 0 Å². The molecule has 2 N–H and O–H groups in total. The fourth-order valence-electron chi connectivity index (χ4n) is 2.39. The quantitative estimate of drug-likeness (QED) is 0.732. The first-order chi connectivity index (χ1) is 10.0. The van der Waals surface area contributed by atoms with Crippen LogP contribution in [-0.4, -0.2) is 18.1 Å². The van der Waals surface area contributed by atoms with Crippen LogP contribution in [0.5, 0.6) is 0 Å². The van der Waals surface area contributed by atoms with Crippen LogP contribution in [0, 0.1) is 13.8 Å². The van der Waals surface area contributed by atoms with Crippen molar-refractivity contribution in [1.29, 1.82) is 0 Å². The highest BCUT2D eigenvalue weighted by Gasteiger charge is 2.23. The predicted octanol–water partition coefficient (Wildman–Crippen LogP) is 3.54. The van der Waals surface area contributed by atoms with Crippen LogP contribution in [0.3, 0.4) is 0 Å². The first-order valence-corrected chi connectivity index (χ1v) is 7.17. The molecule has 0 saturated carbocycles. The number of carbonyl (C=O) groups excluding carboxylic acids is 1. The molecule has 21 heavy (non-hydrogen) atoms. The molecule has 6 heteroatoms. The van der Waals surface area contributed by atoms with E-state index in [9.17, 15) is 4.79 Å². The highest BCUT2D eigenvalue weighted by atomic mass is 32.1. The minimum Gasteiger partial charge on any atom is -0.465 e. The number of aryl methyl sites for hydroxylation is 2. The number of thiophene rings is 1. The molecule has 3 aromatic rings. The number of rotatable bonds is 2. The van der Waals surface area contributed by atoms with Gasteiger partial charge < -0.3 is 14.9 Å². The Balaban J connectivity index is 2.27. The zero-order chi connectivity index (χ0) is 15.1. The lowest BCUT2D eigenvalue weighted by Crippen LogP contribution is -2.01. The molecule has 0 bridgehead atoms. The van der Waals surface area contributed by atoms with Gasteiger partial charge in [-0.25, -0.2) is 9.78 Å². The van der Waals surface area contributed by atoms with Gasteiger partial charge in [-0.15, -0.1) is 11.3 Å². The maximum absolute atomic E-state index is 11.8. The SMILES string of the molecule is COC(=O)c1ccoc1-c1sc2nc(C)cc(C)c2c1N. The van der Waals surface area contributed by atoms with Crippen LogP contribution in [0.15, 0.2) is 22.8 Å². The molecule has 0 fully saturated rings. The van der Waals surface area contributed by atoms with Crippen molar-refractivity contribution in [3.63, 3.8) is 0 Å². The number of nitrogen functional groups attached to an aromatic ring is 1.